The van der Waals surface area contributed by atoms with Gasteiger partial charge in [0.15, 0.2) is 0 Å². The molecule has 1 fully saturated rings. The quantitative estimate of drug-likeness (QED) is 0.550. The number of halogens is 1. The number of hydrogen-bond donors (Lipinski definition) is 1. The molecule has 1 amide bonds. The van der Waals surface area contributed by atoms with E-state index in [1.807, 2.05) is 24.3 Å². The summed E-state index contributed by atoms with van der Waals surface area (Å²) in [4.78, 5) is 13.5. The number of carbonyl (C=O) groups excluding carboxylic acids is 1. The minimum atomic E-state index is -0.639. The molecule has 29 heavy (non-hydrogen) atoms. The van der Waals surface area contributed by atoms with E-state index in [4.69, 9.17) is 16.3 Å². The first kappa shape index (κ1) is 21.2. The van der Waals surface area contributed by atoms with Crippen molar-refractivity contribution in [1.29, 1.82) is 5.26 Å². The fraction of sp³-hybridized carbons (Fsp3) is 0.417. The lowest BCUT2D eigenvalue weighted by Crippen LogP contribution is -2.42. The third-order valence-corrected chi connectivity index (χ3v) is 5.97. The molecule has 1 aliphatic carbocycles. The molecule has 152 valence electrons. The average Bonchev–Trinajstić information content (AvgIpc) is 2.75. The van der Waals surface area contributed by atoms with Gasteiger partial charge < -0.3 is 10.1 Å². The van der Waals surface area contributed by atoms with E-state index < -0.39 is 5.41 Å². The van der Waals surface area contributed by atoms with Gasteiger partial charge in [0, 0.05) is 10.7 Å². The number of ether oxygens (including phenoxy) is 1. The van der Waals surface area contributed by atoms with E-state index in [0.717, 1.165) is 50.5 Å². The standard InChI is InChI=1S/C24H27ClN2O2/c1-2-3-15-29-22-12-11-19(16-18(22)17-26)27-23(28)24(13-7-4-8-14-24)20-9-5-6-10-21(20)25/h5-6,9-12,16H,2-4,7-8,13-15H2,1H3,(H,27,28). The van der Waals surface area contributed by atoms with Crippen molar-refractivity contribution in [2.75, 3.05) is 11.9 Å². The minimum Gasteiger partial charge on any atom is -0.492 e. The van der Waals surface area contributed by atoms with Crippen LogP contribution >= 0.6 is 11.6 Å². The molecular formula is C24H27ClN2O2. The van der Waals surface area contributed by atoms with E-state index in [1.54, 1.807) is 18.2 Å². The number of amides is 1. The summed E-state index contributed by atoms with van der Waals surface area (Å²) in [5.41, 5.74) is 1.28. The predicted octanol–water partition coefficient (Wildman–Crippen LogP) is 6.23. The smallest absolute Gasteiger partial charge is 0.235 e. The van der Waals surface area contributed by atoms with Crippen molar-refractivity contribution in [3.8, 4) is 11.8 Å². The molecule has 0 aromatic heterocycles. The molecule has 4 nitrogen and oxygen atoms in total. The van der Waals surface area contributed by atoms with Gasteiger partial charge in [-0.05, 0) is 49.1 Å². The molecule has 1 aliphatic rings. The highest BCUT2D eigenvalue weighted by molar-refractivity contribution is 6.31. The monoisotopic (exact) mass is 410 g/mol. The van der Waals surface area contributed by atoms with Crippen LogP contribution in [0.15, 0.2) is 42.5 Å². The fourth-order valence-electron chi connectivity index (χ4n) is 4.02. The van der Waals surface area contributed by atoms with Gasteiger partial charge >= 0.3 is 0 Å². The van der Waals surface area contributed by atoms with Crippen molar-refractivity contribution in [2.24, 2.45) is 0 Å². The van der Waals surface area contributed by atoms with Gasteiger partial charge in [0.25, 0.3) is 0 Å². The van der Waals surface area contributed by atoms with Gasteiger partial charge in [0.05, 0.1) is 17.6 Å². The van der Waals surface area contributed by atoms with Crippen LogP contribution in [0.4, 0.5) is 5.69 Å². The lowest BCUT2D eigenvalue weighted by atomic mass is 9.68. The van der Waals surface area contributed by atoms with Crippen LogP contribution in [0.5, 0.6) is 5.75 Å². The zero-order valence-corrected chi connectivity index (χ0v) is 17.6. The zero-order valence-electron chi connectivity index (χ0n) is 16.8. The summed E-state index contributed by atoms with van der Waals surface area (Å²) < 4.78 is 5.70. The minimum absolute atomic E-state index is 0.0613. The van der Waals surface area contributed by atoms with E-state index in [9.17, 15) is 10.1 Å². The van der Waals surface area contributed by atoms with E-state index >= 15 is 0 Å². The molecule has 0 atom stereocenters. The molecule has 0 bridgehead atoms. The Kier molecular flexibility index (Phi) is 7.17. The van der Waals surface area contributed by atoms with Crippen LogP contribution in [0.2, 0.25) is 5.02 Å². The molecule has 1 N–H and O–H groups in total. The molecule has 3 rings (SSSR count). The molecule has 0 heterocycles. The van der Waals surface area contributed by atoms with Crippen LogP contribution in [0.1, 0.15) is 63.0 Å². The maximum Gasteiger partial charge on any atom is 0.235 e. The first-order valence-electron chi connectivity index (χ1n) is 10.3. The first-order valence-corrected chi connectivity index (χ1v) is 10.7. The number of hydrogen-bond acceptors (Lipinski definition) is 3. The number of rotatable bonds is 7. The van der Waals surface area contributed by atoms with E-state index in [-0.39, 0.29) is 5.91 Å². The number of nitrogens with zero attached hydrogens (tertiary/aromatic N) is 1. The van der Waals surface area contributed by atoms with Crippen LogP contribution in [0.25, 0.3) is 0 Å². The maximum atomic E-state index is 13.5. The second kappa shape index (κ2) is 9.80. The number of nitriles is 1. The number of nitrogens with one attached hydrogen (secondary N) is 1. The number of carbonyl (C=O) groups is 1. The summed E-state index contributed by atoms with van der Waals surface area (Å²) in [6, 6.07) is 15.0. The number of benzene rings is 2. The molecule has 0 radical (unpaired) electrons. The van der Waals surface area contributed by atoms with Crippen LogP contribution in [-0.2, 0) is 10.2 Å². The highest BCUT2D eigenvalue weighted by atomic mass is 35.5. The van der Waals surface area contributed by atoms with Crippen molar-refractivity contribution >= 4 is 23.2 Å². The van der Waals surface area contributed by atoms with Gasteiger partial charge in [-0.15, -0.1) is 0 Å². The molecule has 2 aromatic carbocycles. The van der Waals surface area contributed by atoms with Gasteiger partial charge in [0.1, 0.15) is 11.8 Å². The van der Waals surface area contributed by atoms with Crippen LogP contribution in [-0.4, -0.2) is 12.5 Å². The highest BCUT2D eigenvalue weighted by Crippen LogP contribution is 2.43. The Balaban J connectivity index is 1.85. The Morgan fingerprint density at radius 3 is 2.66 bits per heavy atom. The van der Waals surface area contributed by atoms with Gasteiger partial charge in [-0.1, -0.05) is 62.4 Å². The SMILES string of the molecule is CCCCOc1ccc(NC(=O)C2(c3ccccc3Cl)CCCCC2)cc1C#N. The summed E-state index contributed by atoms with van der Waals surface area (Å²) in [7, 11) is 0. The molecule has 1 saturated carbocycles. The average molecular weight is 411 g/mol. The van der Waals surface area contributed by atoms with Crippen molar-refractivity contribution in [3.05, 3.63) is 58.6 Å². The highest BCUT2D eigenvalue weighted by Gasteiger charge is 2.42. The van der Waals surface area contributed by atoms with Gasteiger partial charge in [0.2, 0.25) is 5.91 Å². The molecule has 0 spiro atoms. The fourth-order valence-corrected chi connectivity index (χ4v) is 4.34. The summed E-state index contributed by atoms with van der Waals surface area (Å²) in [5.74, 6) is 0.492. The van der Waals surface area contributed by atoms with E-state index in [2.05, 4.69) is 18.3 Å². The Labute approximate surface area is 177 Å². The topological polar surface area (TPSA) is 62.1 Å². The van der Waals surface area contributed by atoms with Crippen LogP contribution in [0, 0.1) is 11.3 Å². The third kappa shape index (κ3) is 4.74. The lowest BCUT2D eigenvalue weighted by molar-refractivity contribution is -0.122. The van der Waals surface area contributed by atoms with Crippen LogP contribution in [0.3, 0.4) is 0 Å². The van der Waals surface area contributed by atoms with Gasteiger partial charge in [-0.25, -0.2) is 0 Å². The Morgan fingerprint density at radius 1 is 1.21 bits per heavy atom. The van der Waals surface area contributed by atoms with Crippen LogP contribution < -0.4 is 10.1 Å². The first-order chi connectivity index (χ1) is 14.1. The Hall–Kier alpha value is -2.51. The van der Waals surface area contributed by atoms with Crippen molar-refractivity contribution in [1.82, 2.24) is 0 Å². The molecule has 5 heteroatoms. The predicted molar refractivity (Wildman–Crippen MR) is 116 cm³/mol. The number of unbranched alkanes of at least 4 members (excludes halogenated alkanes) is 1. The van der Waals surface area contributed by atoms with Crippen molar-refractivity contribution < 1.29 is 9.53 Å². The third-order valence-electron chi connectivity index (χ3n) is 5.64. The van der Waals surface area contributed by atoms with E-state index in [1.165, 1.54) is 0 Å². The largest absolute Gasteiger partial charge is 0.492 e. The van der Waals surface area contributed by atoms with Crippen molar-refractivity contribution in [2.45, 2.75) is 57.3 Å². The molecule has 0 aliphatic heterocycles. The summed E-state index contributed by atoms with van der Waals surface area (Å²) in [6.07, 6.45) is 6.61. The van der Waals surface area contributed by atoms with E-state index in [0.29, 0.717) is 28.6 Å². The lowest BCUT2D eigenvalue weighted by Gasteiger charge is -2.37. The number of anilines is 1. The molecule has 2 aromatic rings. The van der Waals surface area contributed by atoms with Gasteiger partial charge in [-0.3, -0.25) is 4.79 Å². The zero-order chi connectivity index (χ0) is 20.7. The summed E-state index contributed by atoms with van der Waals surface area (Å²) in [6.45, 7) is 2.67. The van der Waals surface area contributed by atoms with Crippen molar-refractivity contribution in [3.63, 3.8) is 0 Å². The molecule has 0 unspecified atom stereocenters. The molecular weight excluding hydrogens is 384 g/mol. The normalized spacial score (nSPS) is 15.3. The Morgan fingerprint density at radius 2 is 1.97 bits per heavy atom. The second-order valence-corrected chi connectivity index (χ2v) is 8.01. The Bertz CT molecular complexity index is 898. The molecule has 0 saturated heterocycles. The second-order valence-electron chi connectivity index (χ2n) is 7.60. The van der Waals surface area contributed by atoms with Gasteiger partial charge in [-0.2, -0.15) is 5.26 Å². The summed E-state index contributed by atoms with van der Waals surface area (Å²) >= 11 is 6.48. The maximum absolute atomic E-state index is 13.5. The summed E-state index contributed by atoms with van der Waals surface area (Å²) in [5, 5.41) is 13.2.